The van der Waals surface area contributed by atoms with Gasteiger partial charge in [-0.15, -0.1) is 0 Å². The summed E-state index contributed by atoms with van der Waals surface area (Å²) < 4.78 is 30.5. The lowest BCUT2D eigenvalue weighted by molar-refractivity contribution is 0.400. The van der Waals surface area contributed by atoms with Gasteiger partial charge in [-0.1, -0.05) is 5.16 Å². The number of pyridine rings is 1. The topological polar surface area (TPSA) is 105 Å². The Labute approximate surface area is 96.5 Å². The van der Waals surface area contributed by atoms with Crippen molar-refractivity contribution in [1.29, 1.82) is 0 Å². The molecule has 0 aliphatic heterocycles. The number of aromatic amines is 1. The first-order valence-electron chi connectivity index (χ1n) is 4.62. The van der Waals surface area contributed by atoms with E-state index < -0.39 is 15.5 Å². The van der Waals surface area contributed by atoms with Crippen LogP contribution in [0.25, 0.3) is 0 Å². The molecule has 0 radical (unpaired) electrons. The van der Waals surface area contributed by atoms with Crippen LogP contribution in [-0.4, -0.2) is 18.6 Å². The summed E-state index contributed by atoms with van der Waals surface area (Å²) in [5.74, 6) is 0.496. The minimum absolute atomic E-state index is 0.0331. The molecule has 2 N–H and O–H groups in total. The molecule has 90 valence electrons. The van der Waals surface area contributed by atoms with Crippen LogP contribution in [0.15, 0.2) is 38.7 Å². The minimum atomic E-state index is -3.95. The molecular weight excluding hydrogens is 246 g/mol. The van der Waals surface area contributed by atoms with E-state index in [1.807, 2.05) is 0 Å². The molecule has 0 aliphatic rings. The van der Waals surface area contributed by atoms with Crippen LogP contribution in [0.4, 0.5) is 5.82 Å². The number of nitrogens with one attached hydrogen (secondary N) is 2. The summed E-state index contributed by atoms with van der Waals surface area (Å²) in [7, 11) is -3.95. The van der Waals surface area contributed by atoms with Crippen LogP contribution in [0, 0.1) is 6.92 Å². The first-order chi connectivity index (χ1) is 7.99. The standard InChI is InChI=1S/C9H9N3O4S/c1-6-4-9(11-16-6)12-17(14,15)8-5-10-3-2-7(8)13/h2-5H,1H3,(H,10,13)(H,11,12). The third-order valence-electron chi connectivity index (χ3n) is 1.94. The van der Waals surface area contributed by atoms with E-state index in [2.05, 4.69) is 14.9 Å². The molecule has 0 amide bonds. The number of hydrogen-bond donors (Lipinski definition) is 2. The molecule has 0 aliphatic carbocycles. The van der Waals surface area contributed by atoms with Gasteiger partial charge >= 0.3 is 0 Å². The first kappa shape index (κ1) is 11.4. The molecule has 2 aromatic heterocycles. The number of aryl methyl sites for hydroxylation is 1. The van der Waals surface area contributed by atoms with Crippen LogP contribution in [-0.2, 0) is 10.0 Å². The van der Waals surface area contributed by atoms with Gasteiger partial charge in [-0.3, -0.25) is 9.52 Å². The van der Waals surface area contributed by atoms with Gasteiger partial charge in [0.25, 0.3) is 10.0 Å². The second-order valence-corrected chi connectivity index (χ2v) is 4.95. The summed E-state index contributed by atoms with van der Waals surface area (Å²) in [6, 6.07) is 2.54. The molecule has 0 saturated carbocycles. The van der Waals surface area contributed by atoms with Gasteiger partial charge in [0.2, 0.25) is 5.43 Å². The zero-order chi connectivity index (χ0) is 12.5. The van der Waals surface area contributed by atoms with Gasteiger partial charge in [-0.05, 0) is 6.92 Å². The Morgan fingerprint density at radius 2 is 2.24 bits per heavy atom. The van der Waals surface area contributed by atoms with E-state index in [1.54, 1.807) is 6.92 Å². The number of H-pyrrole nitrogens is 1. The molecule has 0 aromatic carbocycles. The zero-order valence-corrected chi connectivity index (χ0v) is 9.61. The Morgan fingerprint density at radius 1 is 1.47 bits per heavy atom. The fourth-order valence-electron chi connectivity index (χ4n) is 1.22. The number of sulfonamides is 1. The van der Waals surface area contributed by atoms with Crippen molar-refractivity contribution in [3.8, 4) is 0 Å². The Balaban J connectivity index is 2.38. The first-order valence-corrected chi connectivity index (χ1v) is 6.10. The van der Waals surface area contributed by atoms with E-state index >= 15 is 0 Å². The molecule has 8 heteroatoms. The summed E-state index contributed by atoms with van der Waals surface area (Å²) in [5.41, 5.74) is -0.600. The Morgan fingerprint density at radius 3 is 2.82 bits per heavy atom. The Bertz CT molecular complexity index is 686. The second kappa shape index (κ2) is 4.06. The van der Waals surface area contributed by atoms with Gasteiger partial charge < -0.3 is 9.51 Å². The highest BCUT2D eigenvalue weighted by atomic mass is 32.2. The Kier molecular flexibility index (Phi) is 2.72. The van der Waals surface area contributed by atoms with Crippen molar-refractivity contribution in [2.75, 3.05) is 4.72 Å². The Hall–Kier alpha value is -2.09. The van der Waals surface area contributed by atoms with Crippen molar-refractivity contribution in [3.05, 3.63) is 40.5 Å². The van der Waals surface area contributed by atoms with Crippen LogP contribution in [0.1, 0.15) is 5.76 Å². The SMILES string of the molecule is Cc1cc(NS(=O)(=O)c2c[nH]ccc2=O)no1. The van der Waals surface area contributed by atoms with Crippen LogP contribution in [0.2, 0.25) is 0 Å². The van der Waals surface area contributed by atoms with Crippen LogP contribution >= 0.6 is 0 Å². The number of aromatic nitrogens is 2. The predicted octanol–water partition coefficient (Wildman–Crippen LogP) is 0.472. The summed E-state index contributed by atoms with van der Waals surface area (Å²) in [6.45, 7) is 1.63. The van der Waals surface area contributed by atoms with Gasteiger partial charge in [0.15, 0.2) is 10.7 Å². The van der Waals surface area contributed by atoms with E-state index in [-0.39, 0.29) is 10.7 Å². The van der Waals surface area contributed by atoms with Gasteiger partial charge in [0.05, 0.1) is 0 Å². The number of hydrogen-bond acceptors (Lipinski definition) is 5. The molecule has 0 bridgehead atoms. The van der Waals surface area contributed by atoms with E-state index in [0.29, 0.717) is 5.76 Å². The summed E-state index contributed by atoms with van der Waals surface area (Å²) >= 11 is 0. The largest absolute Gasteiger partial charge is 0.366 e. The molecule has 7 nitrogen and oxygen atoms in total. The quantitative estimate of drug-likeness (QED) is 0.829. The maximum absolute atomic E-state index is 11.8. The van der Waals surface area contributed by atoms with E-state index in [9.17, 15) is 13.2 Å². The maximum atomic E-state index is 11.8. The number of anilines is 1. The van der Waals surface area contributed by atoms with Crippen molar-refractivity contribution in [2.45, 2.75) is 11.8 Å². The molecule has 17 heavy (non-hydrogen) atoms. The fraction of sp³-hybridized carbons (Fsp3) is 0.111. The van der Waals surface area contributed by atoms with Gasteiger partial charge in [0, 0.05) is 24.5 Å². The summed E-state index contributed by atoms with van der Waals surface area (Å²) in [6.07, 6.45) is 2.46. The van der Waals surface area contributed by atoms with Crippen LogP contribution in [0.3, 0.4) is 0 Å². The van der Waals surface area contributed by atoms with E-state index in [4.69, 9.17) is 4.52 Å². The van der Waals surface area contributed by atoms with Crippen molar-refractivity contribution < 1.29 is 12.9 Å². The molecule has 0 atom stereocenters. The van der Waals surface area contributed by atoms with E-state index in [0.717, 1.165) is 12.3 Å². The fourth-order valence-corrected chi connectivity index (χ4v) is 2.26. The highest BCUT2D eigenvalue weighted by molar-refractivity contribution is 7.92. The van der Waals surface area contributed by atoms with Gasteiger partial charge in [0.1, 0.15) is 5.76 Å². The lowest BCUT2D eigenvalue weighted by Gasteiger charge is -2.02. The van der Waals surface area contributed by atoms with Crippen molar-refractivity contribution in [3.63, 3.8) is 0 Å². The smallest absolute Gasteiger partial charge is 0.268 e. The molecule has 2 aromatic rings. The molecule has 0 spiro atoms. The zero-order valence-electron chi connectivity index (χ0n) is 8.80. The van der Waals surface area contributed by atoms with Crippen LogP contribution < -0.4 is 10.2 Å². The minimum Gasteiger partial charge on any atom is -0.366 e. The molecular formula is C9H9N3O4S. The molecule has 2 rings (SSSR count). The predicted molar refractivity (Wildman–Crippen MR) is 59.1 cm³/mol. The molecule has 0 unspecified atom stereocenters. The highest BCUT2D eigenvalue weighted by Gasteiger charge is 2.19. The second-order valence-electron chi connectivity index (χ2n) is 3.30. The van der Waals surface area contributed by atoms with E-state index in [1.165, 1.54) is 12.3 Å². The van der Waals surface area contributed by atoms with Gasteiger partial charge in [-0.25, -0.2) is 8.42 Å². The third kappa shape index (κ3) is 2.36. The van der Waals surface area contributed by atoms with Crippen molar-refractivity contribution in [1.82, 2.24) is 10.1 Å². The van der Waals surface area contributed by atoms with Crippen molar-refractivity contribution >= 4 is 15.8 Å². The normalized spacial score (nSPS) is 11.4. The lowest BCUT2D eigenvalue weighted by atomic mass is 10.5. The molecule has 0 fully saturated rings. The maximum Gasteiger partial charge on any atom is 0.268 e. The average Bonchev–Trinajstić information content (AvgIpc) is 2.63. The van der Waals surface area contributed by atoms with Gasteiger partial charge in [-0.2, -0.15) is 0 Å². The number of rotatable bonds is 3. The monoisotopic (exact) mass is 255 g/mol. The lowest BCUT2D eigenvalue weighted by Crippen LogP contribution is -2.21. The van der Waals surface area contributed by atoms with Crippen LogP contribution in [0.5, 0.6) is 0 Å². The third-order valence-corrected chi connectivity index (χ3v) is 3.32. The summed E-state index contributed by atoms with van der Waals surface area (Å²) in [5, 5.41) is 3.48. The average molecular weight is 255 g/mol. The number of nitrogens with zero attached hydrogens (tertiary/aromatic N) is 1. The van der Waals surface area contributed by atoms with Crippen molar-refractivity contribution in [2.24, 2.45) is 0 Å². The molecule has 2 heterocycles. The molecule has 0 saturated heterocycles. The highest BCUT2D eigenvalue weighted by Crippen LogP contribution is 2.12. The summed E-state index contributed by atoms with van der Waals surface area (Å²) in [4.78, 5) is 13.5.